The van der Waals surface area contributed by atoms with Gasteiger partial charge in [-0.15, -0.1) is 0 Å². The third-order valence-corrected chi connectivity index (χ3v) is 1.82. The minimum absolute atomic E-state index is 0.0882. The van der Waals surface area contributed by atoms with Crippen molar-refractivity contribution in [1.82, 2.24) is 0 Å². The summed E-state index contributed by atoms with van der Waals surface area (Å²) in [6.45, 7) is 9.59. The lowest BCUT2D eigenvalue weighted by atomic mass is 9.64. The number of carbonyl (C=O) groups is 1. The van der Waals surface area contributed by atoms with Gasteiger partial charge in [-0.05, 0) is 12.5 Å². The van der Waals surface area contributed by atoms with Gasteiger partial charge in [0.1, 0.15) is 5.68 Å². The zero-order valence-electron chi connectivity index (χ0n) is 7.68. The molecule has 0 aromatic rings. The van der Waals surface area contributed by atoms with Crippen molar-refractivity contribution in [3.05, 3.63) is 12.2 Å². The first-order chi connectivity index (χ1) is 5.07. The van der Waals surface area contributed by atoms with Crippen LogP contribution in [-0.4, -0.2) is 13.0 Å². The highest BCUT2D eigenvalue weighted by Crippen LogP contribution is 2.06. The van der Waals surface area contributed by atoms with E-state index in [0.717, 1.165) is 12.7 Å². The second-order valence-corrected chi connectivity index (χ2v) is 3.10. The molecule has 0 saturated heterocycles. The Morgan fingerprint density at radius 2 is 2.18 bits per heavy atom. The van der Waals surface area contributed by atoms with E-state index in [9.17, 15) is 4.79 Å². The van der Waals surface area contributed by atoms with Crippen molar-refractivity contribution in [3.63, 3.8) is 0 Å². The Hall–Kier alpha value is -0.525. The molecule has 0 aliphatic rings. The molecule has 0 fully saturated rings. The van der Waals surface area contributed by atoms with Gasteiger partial charge in [0.15, 0.2) is 0 Å². The van der Waals surface area contributed by atoms with Gasteiger partial charge in [0.2, 0.25) is 7.28 Å². The fraction of sp³-hybridized carbons (Fsp3) is 0.667. The summed E-state index contributed by atoms with van der Waals surface area (Å²) in [4.78, 5) is 11.0. The smallest absolute Gasteiger partial charge is 0.208 e. The fourth-order valence-corrected chi connectivity index (χ4v) is 0.649. The van der Waals surface area contributed by atoms with Gasteiger partial charge in [-0.3, -0.25) is 0 Å². The van der Waals surface area contributed by atoms with Gasteiger partial charge >= 0.3 is 0 Å². The summed E-state index contributed by atoms with van der Waals surface area (Å²) in [6, 6.07) is 0. The number of hydrogen-bond acceptors (Lipinski definition) is 1. The molecule has 0 saturated carbocycles. The Labute approximate surface area is 70.1 Å². The molecule has 0 rings (SSSR count). The summed E-state index contributed by atoms with van der Waals surface area (Å²) in [7, 11) is 1.73. The summed E-state index contributed by atoms with van der Waals surface area (Å²) in [5.41, 5.74) is 0.721. The van der Waals surface area contributed by atoms with E-state index in [4.69, 9.17) is 0 Å². The van der Waals surface area contributed by atoms with Crippen molar-refractivity contribution >= 4 is 13.0 Å². The molecular weight excluding hydrogens is 135 g/mol. The Balaban J connectivity index is 3.54. The minimum Gasteiger partial charge on any atom is -0.307 e. The molecule has 0 amide bonds. The normalized spacial score (nSPS) is 12.3. The Kier molecular flexibility index (Phi) is 4.92. The Bertz CT molecular complexity index is 152. The molecule has 11 heavy (non-hydrogen) atoms. The molecule has 1 unspecified atom stereocenters. The van der Waals surface area contributed by atoms with E-state index in [1.54, 1.807) is 14.2 Å². The first kappa shape index (κ1) is 10.5. The van der Waals surface area contributed by atoms with Gasteiger partial charge in [0.25, 0.3) is 0 Å². The van der Waals surface area contributed by atoms with E-state index in [2.05, 4.69) is 20.4 Å². The topological polar surface area (TPSA) is 17.1 Å². The molecule has 1 atom stereocenters. The monoisotopic (exact) mass is 151 g/mol. The molecule has 0 aliphatic heterocycles. The highest BCUT2D eigenvalue weighted by Gasteiger charge is 2.06. The zero-order valence-corrected chi connectivity index (χ0v) is 7.68. The first-order valence-corrected chi connectivity index (χ1v) is 4.11. The highest BCUT2D eigenvalue weighted by atomic mass is 16.1. The van der Waals surface area contributed by atoms with Crippen LogP contribution in [0.3, 0.4) is 0 Å². The van der Waals surface area contributed by atoms with Crippen LogP contribution in [0.25, 0.3) is 0 Å². The SMILES string of the molecule is C=C(C)C(=O)[B]CC(C)CC. The number of allylic oxidation sites excluding steroid dienone is 1. The van der Waals surface area contributed by atoms with E-state index < -0.39 is 0 Å². The van der Waals surface area contributed by atoms with Crippen LogP contribution in [0.2, 0.25) is 6.32 Å². The number of carbonyl (C=O) groups excluding carboxylic acids is 1. The van der Waals surface area contributed by atoms with Crippen molar-refractivity contribution in [2.75, 3.05) is 0 Å². The van der Waals surface area contributed by atoms with Crippen LogP contribution in [0, 0.1) is 5.92 Å². The van der Waals surface area contributed by atoms with Crippen LogP contribution in [0.5, 0.6) is 0 Å². The molecule has 0 aliphatic carbocycles. The number of rotatable bonds is 5. The predicted molar refractivity (Wildman–Crippen MR) is 49.8 cm³/mol. The minimum atomic E-state index is 0.0882. The molecular formula is C9H16BO. The van der Waals surface area contributed by atoms with E-state index in [1.807, 2.05) is 0 Å². The summed E-state index contributed by atoms with van der Waals surface area (Å²) >= 11 is 0. The predicted octanol–water partition coefficient (Wildman–Crippen LogP) is 2.26. The van der Waals surface area contributed by atoms with E-state index >= 15 is 0 Å². The summed E-state index contributed by atoms with van der Waals surface area (Å²) in [6.07, 6.45) is 2.00. The molecule has 0 bridgehead atoms. The molecule has 0 spiro atoms. The van der Waals surface area contributed by atoms with Crippen LogP contribution in [0.15, 0.2) is 12.2 Å². The molecule has 61 valence electrons. The van der Waals surface area contributed by atoms with Crippen LogP contribution in [-0.2, 0) is 4.79 Å². The second kappa shape index (κ2) is 5.17. The zero-order chi connectivity index (χ0) is 8.85. The van der Waals surface area contributed by atoms with Gasteiger partial charge in [-0.25, -0.2) is 0 Å². The standard InChI is InChI=1S/C9H16BO/c1-5-8(4)6-10-9(11)7(2)3/h8H,2,5-6H2,1,3-4H3. The van der Waals surface area contributed by atoms with E-state index in [0.29, 0.717) is 11.5 Å². The third kappa shape index (κ3) is 4.82. The molecule has 1 nitrogen and oxygen atoms in total. The maximum absolute atomic E-state index is 11.0. The maximum Gasteiger partial charge on any atom is 0.208 e. The largest absolute Gasteiger partial charge is 0.307 e. The second-order valence-electron chi connectivity index (χ2n) is 3.10. The van der Waals surface area contributed by atoms with Crippen molar-refractivity contribution < 1.29 is 4.79 Å². The van der Waals surface area contributed by atoms with Crippen molar-refractivity contribution in [2.24, 2.45) is 5.92 Å². The average Bonchev–Trinajstić information content (AvgIpc) is 1.99. The van der Waals surface area contributed by atoms with Gasteiger partial charge < -0.3 is 4.79 Å². The lowest BCUT2D eigenvalue weighted by molar-refractivity contribution is -0.108. The summed E-state index contributed by atoms with van der Waals surface area (Å²) in [5.74, 6) is 0.610. The quantitative estimate of drug-likeness (QED) is 0.435. The van der Waals surface area contributed by atoms with Gasteiger partial charge in [-0.1, -0.05) is 39.1 Å². The Morgan fingerprint density at radius 1 is 1.64 bits per heavy atom. The van der Waals surface area contributed by atoms with Crippen LogP contribution < -0.4 is 0 Å². The van der Waals surface area contributed by atoms with Crippen LogP contribution in [0.1, 0.15) is 27.2 Å². The van der Waals surface area contributed by atoms with E-state index in [-0.39, 0.29) is 5.68 Å². The van der Waals surface area contributed by atoms with Gasteiger partial charge in [-0.2, -0.15) is 0 Å². The molecule has 0 aromatic heterocycles. The van der Waals surface area contributed by atoms with Crippen molar-refractivity contribution in [3.8, 4) is 0 Å². The van der Waals surface area contributed by atoms with Crippen LogP contribution in [0.4, 0.5) is 0 Å². The Morgan fingerprint density at radius 3 is 2.55 bits per heavy atom. The van der Waals surface area contributed by atoms with Crippen molar-refractivity contribution in [1.29, 1.82) is 0 Å². The molecule has 0 heterocycles. The van der Waals surface area contributed by atoms with Gasteiger partial charge in [0, 0.05) is 0 Å². The average molecular weight is 151 g/mol. The van der Waals surface area contributed by atoms with Crippen LogP contribution >= 0.6 is 0 Å². The number of hydrogen-bond donors (Lipinski definition) is 0. The molecule has 0 N–H and O–H groups in total. The van der Waals surface area contributed by atoms with E-state index in [1.165, 1.54) is 0 Å². The van der Waals surface area contributed by atoms with Crippen molar-refractivity contribution in [2.45, 2.75) is 33.5 Å². The summed E-state index contributed by atoms with van der Waals surface area (Å²) in [5, 5.41) is 0. The fourth-order valence-electron chi connectivity index (χ4n) is 0.649. The molecule has 2 heteroatoms. The van der Waals surface area contributed by atoms with Gasteiger partial charge in [0.05, 0.1) is 0 Å². The summed E-state index contributed by atoms with van der Waals surface area (Å²) < 4.78 is 0. The third-order valence-electron chi connectivity index (χ3n) is 1.82. The lowest BCUT2D eigenvalue weighted by Crippen LogP contribution is -2.11. The maximum atomic E-state index is 11.0. The first-order valence-electron chi connectivity index (χ1n) is 4.11. The molecule has 0 aromatic carbocycles. The molecule has 1 radical (unpaired) electrons. The lowest BCUT2D eigenvalue weighted by Gasteiger charge is -2.04. The highest BCUT2D eigenvalue weighted by molar-refractivity contribution is 6.77.